The Morgan fingerprint density at radius 3 is 2.21 bits per heavy atom. The normalized spacial score (nSPS) is 25.4. The van der Waals surface area contributed by atoms with Gasteiger partial charge in [-0.1, -0.05) is 26.0 Å². The third-order valence-corrected chi connectivity index (χ3v) is 8.34. The summed E-state index contributed by atoms with van der Waals surface area (Å²) in [6.45, 7) is 7.86. The van der Waals surface area contributed by atoms with Crippen molar-refractivity contribution in [2.75, 3.05) is 0 Å². The Bertz CT molecular complexity index is 916. The van der Waals surface area contributed by atoms with E-state index in [1.54, 1.807) is 18.2 Å². The summed E-state index contributed by atoms with van der Waals surface area (Å²) in [4.78, 5) is 0.341. The fraction of sp³-hybridized carbons (Fsp3) is 0.571. The molecule has 28 heavy (non-hydrogen) atoms. The molecule has 0 radical (unpaired) electrons. The van der Waals surface area contributed by atoms with Gasteiger partial charge in [-0.15, -0.1) is 0 Å². The van der Waals surface area contributed by atoms with Gasteiger partial charge in [0.1, 0.15) is 16.7 Å². The smallest absolute Gasteiger partial charge is 0.247 e. The number of hydrogen-bond acceptors (Lipinski definition) is 4. The molecule has 1 aromatic heterocycles. The zero-order valence-electron chi connectivity index (χ0n) is 17.0. The quantitative estimate of drug-likeness (QED) is 0.821. The van der Waals surface area contributed by atoms with E-state index in [9.17, 15) is 8.42 Å². The van der Waals surface area contributed by atoms with Crippen molar-refractivity contribution in [2.45, 2.75) is 82.4 Å². The summed E-state index contributed by atoms with van der Waals surface area (Å²) in [5.74, 6) is 1.36. The first-order valence-electron chi connectivity index (χ1n) is 10.1. The van der Waals surface area contributed by atoms with Crippen molar-refractivity contribution in [3.63, 3.8) is 0 Å². The highest BCUT2D eigenvalue weighted by Gasteiger charge is 2.48. The van der Waals surface area contributed by atoms with Crippen molar-refractivity contribution in [3.8, 4) is 5.75 Å². The number of rotatable bonds is 5. The molecule has 2 aromatic rings. The molecule has 0 aliphatic carbocycles. The molecule has 3 heterocycles. The second kappa shape index (κ2) is 7.19. The Labute approximate surface area is 167 Å². The molecule has 0 spiro atoms. The maximum Gasteiger partial charge on any atom is 0.247 e. The van der Waals surface area contributed by atoms with Crippen LogP contribution in [0.15, 0.2) is 29.2 Å². The minimum Gasteiger partial charge on any atom is -0.490 e. The van der Waals surface area contributed by atoms with Crippen LogP contribution in [0.3, 0.4) is 0 Å². The Morgan fingerprint density at radius 2 is 1.71 bits per heavy atom. The molecule has 2 saturated heterocycles. The lowest BCUT2D eigenvalue weighted by Crippen LogP contribution is -2.49. The van der Waals surface area contributed by atoms with Crippen molar-refractivity contribution in [1.82, 2.24) is 14.5 Å². The summed E-state index contributed by atoms with van der Waals surface area (Å²) in [5.41, 5.74) is 2.44. The molecular formula is C21H29N3O3S. The summed E-state index contributed by atoms with van der Waals surface area (Å²) in [5, 5.41) is 6.89. The maximum absolute atomic E-state index is 13.3. The van der Waals surface area contributed by atoms with Crippen LogP contribution in [0.4, 0.5) is 0 Å². The van der Waals surface area contributed by atoms with E-state index in [0.29, 0.717) is 22.2 Å². The van der Waals surface area contributed by atoms with Crippen molar-refractivity contribution in [2.24, 2.45) is 0 Å². The lowest BCUT2D eigenvalue weighted by molar-refractivity contribution is 0.0956. The number of aryl methyl sites for hydroxylation is 2. The Balaban J connectivity index is 1.50. The molecule has 4 rings (SSSR count). The van der Waals surface area contributed by atoms with Gasteiger partial charge in [-0.2, -0.15) is 9.40 Å². The fourth-order valence-corrected chi connectivity index (χ4v) is 6.95. The van der Waals surface area contributed by atoms with E-state index >= 15 is 0 Å². The van der Waals surface area contributed by atoms with E-state index in [1.165, 1.54) is 5.56 Å². The molecule has 2 aliphatic rings. The number of aromatic amines is 1. The number of aromatic nitrogens is 2. The topological polar surface area (TPSA) is 75.3 Å². The zero-order valence-corrected chi connectivity index (χ0v) is 17.8. The molecule has 1 aromatic carbocycles. The molecule has 2 aliphatic heterocycles. The predicted octanol–water partition coefficient (Wildman–Crippen LogP) is 3.91. The highest BCUT2D eigenvalue weighted by molar-refractivity contribution is 7.89. The second-order valence-corrected chi connectivity index (χ2v) is 10.2. The van der Waals surface area contributed by atoms with Gasteiger partial charge in [0.15, 0.2) is 0 Å². The fourth-order valence-electron chi connectivity index (χ4n) is 4.72. The minimum absolute atomic E-state index is 0.00242. The molecular weight excluding hydrogens is 374 g/mol. The number of piperidine rings is 1. The lowest BCUT2D eigenvalue weighted by atomic mass is 10.0. The van der Waals surface area contributed by atoms with E-state index < -0.39 is 10.0 Å². The van der Waals surface area contributed by atoms with Gasteiger partial charge in [0.05, 0.1) is 11.4 Å². The zero-order chi connectivity index (χ0) is 20.1. The average Bonchev–Trinajstić information content (AvgIpc) is 3.13. The Kier molecular flexibility index (Phi) is 5.00. The van der Waals surface area contributed by atoms with Crippen LogP contribution in [0.2, 0.25) is 0 Å². The van der Waals surface area contributed by atoms with Crippen LogP contribution >= 0.6 is 0 Å². The molecule has 0 amide bonds. The molecule has 1 N–H and O–H groups in total. The van der Waals surface area contributed by atoms with E-state index in [2.05, 4.69) is 36.2 Å². The standard InChI is InChI=1S/C21H29N3O3S/c1-13(2)16-5-9-19(10-6-16)27-20-11-17-7-8-18(12-20)24(17)28(25,26)21-14(3)22-23-15(21)4/h5-6,9-10,13,17-18,20H,7-8,11-12H2,1-4H3,(H,22,23). The van der Waals surface area contributed by atoms with Crippen LogP contribution in [0.25, 0.3) is 0 Å². The van der Waals surface area contributed by atoms with Crippen LogP contribution in [0.1, 0.15) is 62.4 Å². The molecule has 2 fully saturated rings. The van der Waals surface area contributed by atoms with Gasteiger partial charge in [-0.05, 0) is 50.3 Å². The first kappa shape index (κ1) is 19.5. The van der Waals surface area contributed by atoms with Crippen LogP contribution < -0.4 is 4.74 Å². The molecule has 2 bridgehead atoms. The first-order chi connectivity index (χ1) is 13.3. The van der Waals surface area contributed by atoms with E-state index in [0.717, 1.165) is 31.4 Å². The van der Waals surface area contributed by atoms with Crippen molar-refractivity contribution < 1.29 is 13.2 Å². The summed E-state index contributed by atoms with van der Waals surface area (Å²) >= 11 is 0. The highest BCUT2D eigenvalue weighted by Crippen LogP contribution is 2.41. The molecule has 0 saturated carbocycles. The van der Waals surface area contributed by atoms with E-state index in [1.807, 2.05) is 12.1 Å². The van der Waals surface area contributed by atoms with Crippen molar-refractivity contribution in [3.05, 3.63) is 41.2 Å². The van der Waals surface area contributed by atoms with Crippen molar-refractivity contribution >= 4 is 10.0 Å². The van der Waals surface area contributed by atoms with Gasteiger partial charge in [0.25, 0.3) is 0 Å². The van der Waals surface area contributed by atoms with Crippen LogP contribution in [0.5, 0.6) is 5.75 Å². The van der Waals surface area contributed by atoms with Crippen molar-refractivity contribution in [1.29, 1.82) is 0 Å². The maximum atomic E-state index is 13.3. The average molecular weight is 404 g/mol. The van der Waals surface area contributed by atoms with Gasteiger partial charge < -0.3 is 4.74 Å². The number of sulfonamides is 1. The van der Waals surface area contributed by atoms with Gasteiger partial charge in [0, 0.05) is 24.9 Å². The lowest BCUT2D eigenvalue weighted by Gasteiger charge is -2.37. The van der Waals surface area contributed by atoms with Gasteiger partial charge in [-0.3, -0.25) is 5.10 Å². The molecule has 152 valence electrons. The summed E-state index contributed by atoms with van der Waals surface area (Å²) in [7, 11) is -3.54. The van der Waals surface area contributed by atoms with Crippen LogP contribution in [0, 0.1) is 13.8 Å². The number of nitrogens with one attached hydrogen (secondary N) is 1. The third-order valence-electron chi connectivity index (χ3n) is 6.07. The predicted molar refractivity (Wildman–Crippen MR) is 108 cm³/mol. The molecule has 7 heteroatoms. The number of H-pyrrole nitrogens is 1. The number of fused-ring (bicyclic) bond motifs is 2. The number of benzene rings is 1. The van der Waals surface area contributed by atoms with Gasteiger partial charge >= 0.3 is 0 Å². The number of hydrogen-bond donors (Lipinski definition) is 1. The molecule has 2 unspecified atom stereocenters. The summed E-state index contributed by atoms with van der Waals surface area (Å²) < 4.78 is 34.7. The highest BCUT2D eigenvalue weighted by atomic mass is 32.2. The van der Waals surface area contributed by atoms with Crippen LogP contribution in [-0.2, 0) is 10.0 Å². The minimum atomic E-state index is -3.54. The van der Waals surface area contributed by atoms with Gasteiger partial charge in [-0.25, -0.2) is 8.42 Å². The van der Waals surface area contributed by atoms with Gasteiger partial charge in [0.2, 0.25) is 10.0 Å². The third kappa shape index (κ3) is 3.35. The first-order valence-corrected chi connectivity index (χ1v) is 11.5. The monoisotopic (exact) mass is 403 g/mol. The molecule has 6 nitrogen and oxygen atoms in total. The van der Waals surface area contributed by atoms with E-state index in [-0.39, 0.29) is 18.2 Å². The number of ether oxygens (including phenoxy) is 1. The van der Waals surface area contributed by atoms with Crippen LogP contribution in [-0.4, -0.2) is 41.1 Å². The SMILES string of the molecule is Cc1n[nH]c(C)c1S(=O)(=O)N1C2CCC1CC(Oc1ccc(C(C)C)cc1)C2. The largest absolute Gasteiger partial charge is 0.490 e. The second-order valence-electron chi connectivity index (χ2n) is 8.42. The Hall–Kier alpha value is -1.86. The van der Waals surface area contributed by atoms with E-state index in [4.69, 9.17) is 4.74 Å². The number of nitrogens with zero attached hydrogens (tertiary/aromatic N) is 2. The Morgan fingerprint density at radius 1 is 1.11 bits per heavy atom. The summed E-state index contributed by atoms with van der Waals surface area (Å²) in [6.07, 6.45) is 3.31. The molecule has 2 atom stereocenters. The summed E-state index contributed by atoms with van der Waals surface area (Å²) in [6, 6.07) is 8.27.